The second-order valence-electron chi connectivity index (χ2n) is 6.53. The van der Waals surface area contributed by atoms with Gasteiger partial charge in [-0.3, -0.25) is 4.72 Å². The number of alkyl halides is 4. The van der Waals surface area contributed by atoms with Gasteiger partial charge >= 0.3 is 6.18 Å². The molecule has 0 radical (unpaired) electrons. The number of benzene rings is 1. The first-order valence-corrected chi connectivity index (χ1v) is 11.6. The molecule has 2 rings (SSSR count). The Bertz CT molecular complexity index is 1150. The molecule has 0 saturated carbocycles. The first kappa shape index (κ1) is 26.1. The number of nitriles is 1. The van der Waals surface area contributed by atoms with Crippen molar-refractivity contribution in [3.8, 4) is 11.8 Å². The summed E-state index contributed by atoms with van der Waals surface area (Å²) in [6.45, 7) is 0. The number of halogens is 6. The predicted octanol–water partition coefficient (Wildman–Crippen LogP) is 4.66. The van der Waals surface area contributed by atoms with Gasteiger partial charge in [0.1, 0.15) is 17.4 Å². The highest BCUT2D eigenvalue weighted by molar-refractivity contribution is 7.92. The van der Waals surface area contributed by atoms with Crippen LogP contribution in [0.3, 0.4) is 0 Å². The molecule has 8 nitrogen and oxygen atoms in total. The number of aromatic nitrogens is 2. The Morgan fingerprint density at radius 1 is 1.31 bits per heavy atom. The average Bonchev–Trinajstić information content (AvgIpc) is 2.99. The second-order valence-corrected chi connectivity index (χ2v) is 9.56. The molecule has 0 amide bonds. The van der Waals surface area contributed by atoms with Gasteiger partial charge in [-0.25, -0.2) is 18.1 Å². The summed E-state index contributed by atoms with van der Waals surface area (Å²) in [6.07, 6.45) is -3.29. The minimum absolute atomic E-state index is 0.0910. The third-order valence-electron chi connectivity index (χ3n) is 3.74. The van der Waals surface area contributed by atoms with E-state index >= 15 is 0 Å². The van der Waals surface area contributed by atoms with Crippen LogP contribution in [-0.4, -0.2) is 55.2 Å². The first-order valence-electron chi connectivity index (χ1n) is 8.67. The number of hydrogen-bond donors (Lipinski definition) is 1. The van der Waals surface area contributed by atoms with Crippen LogP contribution in [0.4, 0.5) is 24.7 Å². The summed E-state index contributed by atoms with van der Waals surface area (Å²) in [5, 5.41) is 12.6. The minimum Gasteiger partial charge on any atom is -0.369 e. The van der Waals surface area contributed by atoms with Crippen LogP contribution in [0.15, 0.2) is 17.1 Å². The van der Waals surface area contributed by atoms with E-state index in [2.05, 4.69) is 14.8 Å². The fourth-order valence-corrected chi connectivity index (χ4v) is 4.47. The molecular formula is C17H16Cl3F3N6O2S. The van der Waals surface area contributed by atoms with Crippen molar-refractivity contribution in [1.29, 1.82) is 5.26 Å². The molecule has 1 aromatic heterocycles. The average molecular weight is 532 g/mol. The highest BCUT2D eigenvalue weighted by Gasteiger charge is 2.33. The van der Waals surface area contributed by atoms with Gasteiger partial charge in [-0.1, -0.05) is 23.2 Å². The number of anilines is 1. The van der Waals surface area contributed by atoms with E-state index in [4.69, 9.17) is 34.8 Å². The molecule has 0 bridgehead atoms. The summed E-state index contributed by atoms with van der Waals surface area (Å²) in [7, 11) is -0.701. The Morgan fingerprint density at radius 2 is 1.91 bits per heavy atom. The molecule has 0 aliphatic rings. The van der Waals surface area contributed by atoms with Crippen LogP contribution in [0, 0.1) is 11.3 Å². The molecule has 15 heteroatoms. The Kier molecular flexibility index (Phi) is 8.27. The van der Waals surface area contributed by atoms with Crippen LogP contribution in [0.1, 0.15) is 17.7 Å². The Morgan fingerprint density at radius 3 is 2.38 bits per heavy atom. The highest BCUT2D eigenvalue weighted by atomic mass is 35.5. The van der Waals surface area contributed by atoms with Crippen molar-refractivity contribution in [3.05, 3.63) is 33.4 Å². The van der Waals surface area contributed by atoms with Crippen molar-refractivity contribution in [2.24, 2.45) is 4.99 Å². The van der Waals surface area contributed by atoms with Gasteiger partial charge in [-0.05, 0) is 18.6 Å². The summed E-state index contributed by atoms with van der Waals surface area (Å²) in [4.78, 5) is 5.63. The second kappa shape index (κ2) is 10.2. The minimum atomic E-state index is -4.71. The number of rotatable bonds is 8. The maximum Gasteiger partial charge on any atom is 0.416 e. The zero-order valence-electron chi connectivity index (χ0n) is 16.6. The van der Waals surface area contributed by atoms with E-state index in [-0.39, 0.29) is 35.2 Å². The van der Waals surface area contributed by atoms with Gasteiger partial charge in [0.15, 0.2) is 11.5 Å². The summed E-state index contributed by atoms with van der Waals surface area (Å²) in [5.74, 6) is -0.466. The number of sulfonamides is 1. The van der Waals surface area contributed by atoms with E-state index in [0.717, 1.165) is 4.68 Å². The predicted molar refractivity (Wildman–Crippen MR) is 118 cm³/mol. The summed E-state index contributed by atoms with van der Waals surface area (Å²) in [6, 6.07) is 3.01. The Hall–Kier alpha value is -2.20. The first-order chi connectivity index (χ1) is 14.8. The van der Waals surface area contributed by atoms with Crippen LogP contribution in [0.5, 0.6) is 0 Å². The van der Waals surface area contributed by atoms with Crippen molar-refractivity contribution < 1.29 is 21.6 Å². The molecular weight excluding hydrogens is 516 g/mol. The monoisotopic (exact) mass is 530 g/mol. The largest absolute Gasteiger partial charge is 0.416 e. The topological polar surface area (TPSA) is 103 Å². The lowest BCUT2D eigenvalue weighted by Crippen LogP contribution is -2.17. The maximum atomic E-state index is 13.1. The number of hydrogen-bond acceptors (Lipinski definition) is 5. The maximum absolute atomic E-state index is 13.1. The fourth-order valence-electron chi connectivity index (χ4n) is 2.41. The van der Waals surface area contributed by atoms with Crippen molar-refractivity contribution in [3.63, 3.8) is 0 Å². The van der Waals surface area contributed by atoms with E-state index in [1.807, 2.05) is 0 Å². The molecule has 0 atom stereocenters. The van der Waals surface area contributed by atoms with E-state index in [9.17, 15) is 26.9 Å². The SMILES string of the molecule is CN(C)C=Nc1c(NS(=O)(=O)CCCCl)c(C#N)nn1-c1c(Cl)cc(C(F)(F)F)cc1Cl. The third-order valence-corrected chi connectivity index (χ3v) is 5.92. The number of nitrogens with zero attached hydrogens (tertiary/aromatic N) is 5. The lowest BCUT2D eigenvalue weighted by molar-refractivity contribution is -0.137. The lowest BCUT2D eigenvalue weighted by Gasteiger charge is -2.14. The Balaban J connectivity index is 2.77. The molecule has 1 heterocycles. The van der Waals surface area contributed by atoms with E-state index in [1.165, 1.54) is 11.2 Å². The van der Waals surface area contributed by atoms with Crippen LogP contribution in [0.25, 0.3) is 5.69 Å². The van der Waals surface area contributed by atoms with Gasteiger partial charge in [-0.2, -0.15) is 23.5 Å². The molecule has 174 valence electrons. The highest BCUT2D eigenvalue weighted by Crippen LogP contribution is 2.41. The van der Waals surface area contributed by atoms with Gasteiger partial charge in [0.25, 0.3) is 0 Å². The van der Waals surface area contributed by atoms with Crippen molar-refractivity contribution in [2.75, 3.05) is 30.5 Å². The van der Waals surface area contributed by atoms with Crippen LogP contribution < -0.4 is 4.72 Å². The summed E-state index contributed by atoms with van der Waals surface area (Å²) >= 11 is 17.7. The standard InChI is InChI=1S/C17H16Cl3F3N6O2S/c1-28(2)9-25-16-14(27-32(30,31)5-3-4-18)13(8-24)26-29(16)15-11(19)6-10(7-12(15)20)17(21,22)23/h6-7,9,27H,3-5H2,1-2H3. The van der Waals surface area contributed by atoms with Crippen LogP contribution >= 0.6 is 34.8 Å². The molecule has 1 aromatic carbocycles. The van der Waals surface area contributed by atoms with Gasteiger partial charge in [0.2, 0.25) is 10.0 Å². The molecule has 2 aromatic rings. The van der Waals surface area contributed by atoms with Crippen molar-refractivity contribution in [2.45, 2.75) is 12.6 Å². The van der Waals surface area contributed by atoms with Crippen molar-refractivity contribution in [1.82, 2.24) is 14.7 Å². The lowest BCUT2D eigenvalue weighted by atomic mass is 10.2. The molecule has 0 spiro atoms. The molecule has 32 heavy (non-hydrogen) atoms. The van der Waals surface area contributed by atoms with Crippen molar-refractivity contribution >= 4 is 62.7 Å². The zero-order chi connectivity index (χ0) is 24.3. The van der Waals surface area contributed by atoms with Gasteiger partial charge in [0.05, 0.1) is 27.7 Å². The molecule has 0 saturated heterocycles. The normalized spacial score (nSPS) is 12.2. The zero-order valence-corrected chi connectivity index (χ0v) is 19.7. The summed E-state index contributed by atoms with van der Waals surface area (Å²) < 4.78 is 67.2. The number of aliphatic imine (C=N–C) groups is 1. The van der Waals surface area contributed by atoms with E-state index in [1.54, 1.807) is 20.2 Å². The number of nitrogens with one attached hydrogen (secondary N) is 1. The molecule has 0 aliphatic heterocycles. The van der Waals surface area contributed by atoms with E-state index in [0.29, 0.717) is 12.1 Å². The fraction of sp³-hybridized carbons (Fsp3) is 0.353. The Labute approximate surface area is 197 Å². The van der Waals surface area contributed by atoms with Gasteiger partial charge < -0.3 is 4.90 Å². The quantitative estimate of drug-likeness (QED) is 0.303. The summed E-state index contributed by atoms with van der Waals surface area (Å²) in [5.41, 5.74) is -1.98. The molecule has 0 unspecified atom stereocenters. The smallest absolute Gasteiger partial charge is 0.369 e. The molecule has 0 aliphatic carbocycles. The van der Waals surface area contributed by atoms with Gasteiger partial charge in [-0.15, -0.1) is 11.6 Å². The third kappa shape index (κ3) is 6.19. The van der Waals surface area contributed by atoms with E-state index < -0.39 is 37.5 Å². The van der Waals surface area contributed by atoms with Crippen LogP contribution in [0.2, 0.25) is 10.0 Å². The molecule has 0 fully saturated rings. The van der Waals surface area contributed by atoms with Gasteiger partial charge in [0, 0.05) is 20.0 Å². The van der Waals surface area contributed by atoms with Crippen LogP contribution in [-0.2, 0) is 16.2 Å². The molecule has 1 N–H and O–H groups in total.